The third kappa shape index (κ3) is 6.38. The van der Waals surface area contributed by atoms with E-state index in [1.807, 2.05) is 13.0 Å². The highest BCUT2D eigenvalue weighted by atomic mass is 32.2. The van der Waals surface area contributed by atoms with Gasteiger partial charge in [0.15, 0.2) is 6.61 Å². The molecular weight excluding hydrogens is 356 g/mol. The predicted molar refractivity (Wildman–Crippen MR) is 97.6 cm³/mol. The molecule has 0 aromatic heterocycles. The van der Waals surface area contributed by atoms with E-state index in [9.17, 15) is 13.2 Å². The molecule has 0 aliphatic rings. The van der Waals surface area contributed by atoms with Crippen molar-refractivity contribution in [3.63, 3.8) is 0 Å². The molecule has 0 saturated carbocycles. The van der Waals surface area contributed by atoms with Crippen LogP contribution in [-0.2, 0) is 21.2 Å². The molecule has 2 aromatic carbocycles. The van der Waals surface area contributed by atoms with Gasteiger partial charge in [-0.25, -0.2) is 13.6 Å². The molecule has 0 spiro atoms. The maximum Gasteiger partial charge on any atom is 0.257 e. The minimum absolute atomic E-state index is 0.0629. The number of sulfonamides is 1. The molecule has 0 bridgehead atoms. The van der Waals surface area contributed by atoms with Gasteiger partial charge in [0.25, 0.3) is 5.91 Å². The van der Waals surface area contributed by atoms with Gasteiger partial charge in [-0.15, -0.1) is 0 Å². The monoisotopic (exact) mass is 378 g/mol. The Kier molecular flexibility index (Phi) is 6.99. The number of hydrogen-bond acceptors (Lipinski definition) is 5. The molecule has 2 rings (SSSR count). The van der Waals surface area contributed by atoms with Crippen LogP contribution in [0, 0.1) is 0 Å². The molecule has 0 radical (unpaired) electrons. The van der Waals surface area contributed by atoms with Crippen LogP contribution in [0.2, 0.25) is 0 Å². The topological polar surface area (TPSA) is 108 Å². The molecule has 2 aromatic rings. The molecule has 0 aliphatic heterocycles. The van der Waals surface area contributed by atoms with Crippen LogP contribution < -0.4 is 19.9 Å². The van der Waals surface area contributed by atoms with Crippen molar-refractivity contribution in [2.75, 3.05) is 19.8 Å². The lowest BCUT2D eigenvalue weighted by Gasteiger charge is -2.09. The Bertz CT molecular complexity index is 835. The average Bonchev–Trinajstić information content (AvgIpc) is 2.60. The fourth-order valence-electron chi connectivity index (χ4n) is 2.21. The van der Waals surface area contributed by atoms with Crippen molar-refractivity contribution >= 4 is 15.9 Å². The van der Waals surface area contributed by atoms with Gasteiger partial charge in [0, 0.05) is 12.6 Å². The van der Waals surface area contributed by atoms with Crippen molar-refractivity contribution in [1.29, 1.82) is 0 Å². The number of benzene rings is 2. The molecule has 0 unspecified atom stereocenters. The van der Waals surface area contributed by atoms with E-state index in [1.165, 1.54) is 12.1 Å². The Morgan fingerprint density at radius 1 is 1.08 bits per heavy atom. The number of nitrogens with one attached hydrogen (secondary N) is 1. The molecular formula is C18H22N2O5S. The standard InChI is InChI=1S/C18H22N2O5S/c1-2-24-15-4-3-5-16(12-15)25-13-18(21)20-11-10-14-6-8-17(9-7-14)26(19,22)23/h3-9,12H,2,10-11,13H2,1H3,(H,20,21)(H2,19,22,23). The first-order chi connectivity index (χ1) is 12.4. The van der Waals surface area contributed by atoms with Crippen molar-refractivity contribution in [3.05, 3.63) is 54.1 Å². The molecule has 0 saturated heterocycles. The molecule has 0 atom stereocenters. The second kappa shape index (κ2) is 9.21. The lowest BCUT2D eigenvalue weighted by atomic mass is 10.1. The minimum Gasteiger partial charge on any atom is -0.494 e. The highest BCUT2D eigenvalue weighted by Gasteiger charge is 2.07. The van der Waals surface area contributed by atoms with E-state index in [-0.39, 0.29) is 17.4 Å². The lowest BCUT2D eigenvalue weighted by Crippen LogP contribution is -2.30. The van der Waals surface area contributed by atoms with Gasteiger partial charge in [0.05, 0.1) is 11.5 Å². The zero-order chi connectivity index (χ0) is 19.0. The zero-order valence-corrected chi connectivity index (χ0v) is 15.3. The van der Waals surface area contributed by atoms with Gasteiger partial charge in [-0.2, -0.15) is 0 Å². The highest BCUT2D eigenvalue weighted by molar-refractivity contribution is 7.89. The largest absolute Gasteiger partial charge is 0.494 e. The first kappa shape index (κ1) is 19.7. The van der Waals surface area contributed by atoms with Gasteiger partial charge in [0.2, 0.25) is 10.0 Å². The first-order valence-electron chi connectivity index (χ1n) is 8.12. The Morgan fingerprint density at radius 3 is 2.35 bits per heavy atom. The van der Waals surface area contributed by atoms with Crippen LogP contribution in [0.3, 0.4) is 0 Å². The van der Waals surface area contributed by atoms with Crippen LogP contribution >= 0.6 is 0 Å². The molecule has 0 fully saturated rings. The van der Waals surface area contributed by atoms with Crippen LogP contribution in [0.25, 0.3) is 0 Å². The SMILES string of the molecule is CCOc1cccc(OCC(=O)NCCc2ccc(S(N)(=O)=O)cc2)c1. The first-order valence-corrected chi connectivity index (χ1v) is 9.67. The summed E-state index contributed by atoms with van der Waals surface area (Å²) < 4.78 is 33.2. The number of rotatable bonds is 9. The fourth-order valence-corrected chi connectivity index (χ4v) is 2.73. The number of amides is 1. The molecule has 0 heterocycles. The van der Waals surface area contributed by atoms with Gasteiger partial charge in [-0.1, -0.05) is 18.2 Å². The van der Waals surface area contributed by atoms with Gasteiger partial charge in [0.1, 0.15) is 11.5 Å². The van der Waals surface area contributed by atoms with Gasteiger partial charge in [-0.05, 0) is 43.2 Å². The summed E-state index contributed by atoms with van der Waals surface area (Å²) in [6, 6.07) is 13.3. The number of nitrogens with two attached hydrogens (primary N) is 1. The summed E-state index contributed by atoms with van der Waals surface area (Å²) in [5, 5.41) is 7.80. The second-order valence-corrected chi connectivity index (χ2v) is 7.05. The van der Waals surface area contributed by atoms with Crippen molar-refractivity contribution in [3.8, 4) is 11.5 Å². The normalized spacial score (nSPS) is 11.0. The molecule has 1 amide bonds. The van der Waals surface area contributed by atoms with Crippen LogP contribution in [0.4, 0.5) is 0 Å². The summed E-state index contributed by atoms with van der Waals surface area (Å²) in [4.78, 5) is 11.9. The number of primary sulfonamides is 1. The summed E-state index contributed by atoms with van der Waals surface area (Å²) in [6.07, 6.45) is 0.566. The predicted octanol–water partition coefficient (Wildman–Crippen LogP) is 1.47. The van der Waals surface area contributed by atoms with E-state index in [0.717, 1.165) is 5.56 Å². The Morgan fingerprint density at radius 2 is 1.73 bits per heavy atom. The van der Waals surface area contributed by atoms with E-state index < -0.39 is 10.0 Å². The van der Waals surface area contributed by atoms with E-state index in [0.29, 0.717) is 31.1 Å². The van der Waals surface area contributed by atoms with Gasteiger partial charge < -0.3 is 14.8 Å². The molecule has 140 valence electrons. The quantitative estimate of drug-likeness (QED) is 0.687. The van der Waals surface area contributed by atoms with Crippen LogP contribution in [0.1, 0.15) is 12.5 Å². The number of ether oxygens (including phenoxy) is 2. The Balaban J connectivity index is 1.74. The Labute approximate surface area is 153 Å². The smallest absolute Gasteiger partial charge is 0.257 e. The molecule has 8 heteroatoms. The molecule has 0 aliphatic carbocycles. The maximum atomic E-state index is 11.8. The maximum absolute atomic E-state index is 11.8. The van der Waals surface area contributed by atoms with E-state index in [4.69, 9.17) is 14.6 Å². The summed E-state index contributed by atoms with van der Waals surface area (Å²) in [7, 11) is -3.69. The minimum atomic E-state index is -3.69. The van der Waals surface area contributed by atoms with Crippen molar-refractivity contribution in [2.24, 2.45) is 5.14 Å². The summed E-state index contributed by atoms with van der Waals surface area (Å²) in [5.41, 5.74) is 0.892. The third-order valence-electron chi connectivity index (χ3n) is 3.47. The molecule has 26 heavy (non-hydrogen) atoms. The lowest BCUT2D eigenvalue weighted by molar-refractivity contribution is -0.123. The number of carbonyl (C=O) groups excluding carboxylic acids is 1. The number of hydrogen-bond donors (Lipinski definition) is 2. The average molecular weight is 378 g/mol. The third-order valence-corrected chi connectivity index (χ3v) is 4.40. The molecule has 3 N–H and O–H groups in total. The van der Waals surface area contributed by atoms with E-state index in [2.05, 4.69) is 5.32 Å². The highest BCUT2D eigenvalue weighted by Crippen LogP contribution is 2.19. The van der Waals surface area contributed by atoms with Crippen LogP contribution in [0.15, 0.2) is 53.4 Å². The van der Waals surface area contributed by atoms with E-state index in [1.54, 1.807) is 30.3 Å². The Hall–Kier alpha value is -2.58. The van der Waals surface area contributed by atoms with Crippen molar-refractivity contribution < 1.29 is 22.7 Å². The molecule has 7 nitrogen and oxygen atoms in total. The second-order valence-electron chi connectivity index (χ2n) is 5.49. The summed E-state index contributed by atoms with van der Waals surface area (Å²) in [6.45, 7) is 2.77. The van der Waals surface area contributed by atoms with Crippen LogP contribution in [-0.4, -0.2) is 34.1 Å². The fraction of sp³-hybridized carbons (Fsp3) is 0.278. The van der Waals surface area contributed by atoms with E-state index >= 15 is 0 Å². The van der Waals surface area contributed by atoms with Gasteiger partial charge >= 0.3 is 0 Å². The van der Waals surface area contributed by atoms with Crippen molar-refractivity contribution in [1.82, 2.24) is 5.32 Å². The summed E-state index contributed by atoms with van der Waals surface area (Å²) in [5.74, 6) is 1.01. The number of carbonyl (C=O) groups is 1. The zero-order valence-electron chi connectivity index (χ0n) is 14.5. The summed E-state index contributed by atoms with van der Waals surface area (Å²) >= 11 is 0. The van der Waals surface area contributed by atoms with Crippen LogP contribution in [0.5, 0.6) is 11.5 Å². The van der Waals surface area contributed by atoms with Gasteiger partial charge in [-0.3, -0.25) is 4.79 Å². The van der Waals surface area contributed by atoms with Crippen molar-refractivity contribution in [2.45, 2.75) is 18.2 Å².